The first-order valence-corrected chi connectivity index (χ1v) is 11.4. The monoisotopic (exact) mass is 439 g/mol. The zero-order valence-electron chi connectivity index (χ0n) is 18.1. The van der Waals surface area contributed by atoms with E-state index in [4.69, 9.17) is 4.98 Å². The molecule has 0 unspecified atom stereocenters. The van der Waals surface area contributed by atoms with Gasteiger partial charge in [0, 0.05) is 4.88 Å². The second kappa shape index (κ2) is 7.08. The molecule has 0 saturated heterocycles. The van der Waals surface area contributed by atoms with E-state index in [1.807, 2.05) is 0 Å². The zero-order valence-corrected chi connectivity index (χ0v) is 18.9. The van der Waals surface area contributed by atoms with Crippen LogP contribution in [0, 0.1) is 28.4 Å². The van der Waals surface area contributed by atoms with Gasteiger partial charge in [-0.1, -0.05) is 27.2 Å². The van der Waals surface area contributed by atoms with E-state index < -0.39 is 4.92 Å². The molecule has 4 aromatic heterocycles. The van der Waals surface area contributed by atoms with Crippen molar-refractivity contribution in [3.63, 3.8) is 0 Å². The molecule has 0 spiro atoms. The molecule has 0 bridgehead atoms. The molecule has 10 heteroatoms. The molecule has 0 aliphatic heterocycles. The van der Waals surface area contributed by atoms with Crippen molar-refractivity contribution < 1.29 is 4.92 Å². The minimum Gasteiger partial charge on any atom is -0.358 e. The smallest absolute Gasteiger partial charge is 0.358 e. The quantitative estimate of drug-likeness (QED) is 0.338. The van der Waals surface area contributed by atoms with Gasteiger partial charge in [-0.25, -0.2) is 14.5 Å². The van der Waals surface area contributed by atoms with Crippen molar-refractivity contribution >= 4 is 33.0 Å². The van der Waals surface area contributed by atoms with Gasteiger partial charge in [0.2, 0.25) is 0 Å². The Labute approximate surface area is 183 Å². The standard InChI is InChI=1S/C21H25N7O2S/c1-5-21(3,4)13-6-7-14-15(9-13)31-20-18(14)19-23-16(24-27(19)11-22-20)10-26-12(2)8-17(25-26)28(29)30/h8,11,13H,5-7,9-10H2,1-4H3/t13-/m1/s1. The molecule has 0 radical (unpaired) electrons. The third kappa shape index (κ3) is 3.29. The van der Waals surface area contributed by atoms with E-state index >= 15 is 0 Å². The Hall–Kier alpha value is -2.88. The van der Waals surface area contributed by atoms with Gasteiger partial charge in [0.1, 0.15) is 17.7 Å². The van der Waals surface area contributed by atoms with E-state index in [1.54, 1.807) is 33.8 Å². The molecule has 0 aromatic carbocycles. The number of thiophene rings is 1. The van der Waals surface area contributed by atoms with Gasteiger partial charge >= 0.3 is 5.82 Å². The number of hydrogen-bond donors (Lipinski definition) is 0. The zero-order chi connectivity index (χ0) is 21.9. The first-order valence-electron chi connectivity index (χ1n) is 10.6. The maximum Gasteiger partial charge on any atom is 0.390 e. The van der Waals surface area contributed by atoms with Gasteiger partial charge in [-0.3, -0.25) is 0 Å². The lowest BCUT2D eigenvalue weighted by molar-refractivity contribution is -0.389. The average Bonchev–Trinajstić information content (AvgIpc) is 3.41. The minimum absolute atomic E-state index is 0.165. The Balaban J connectivity index is 1.53. The summed E-state index contributed by atoms with van der Waals surface area (Å²) in [5, 5.41) is 20.7. The molecular formula is C21H25N7O2S. The SMILES string of the molecule is CCC(C)(C)[C@@H]1CCc2c(sc3ncn4nc(Cn5nc([N+](=O)[O-])cc5C)nc4c23)C1. The van der Waals surface area contributed by atoms with Crippen molar-refractivity contribution in [1.29, 1.82) is 0 Å². The van der Waals surface area contributed by atoms with Crippen molar-refractivity contribution in [2.24, 2.45) is 11.3 Å². The molecule has 31 heavy (non-hydrogen) atoms. The summed E-state index contributed by atoms with van der Waals surface area (Å²) in [5.74, 6) is 1.08. The highest BCUT2D eigenvalue weighted by Crippen LogP contribution is 2.44. The van der Waals surface area contributed by atoms with Crippen LogP contribution in [-0.4, -0.2) is 34.3 Å². The van der Waals surface area contributed by atoms with Crippen LogP contribution in [0.4, 0.5) is 5.82 Å². The predicted molar refractivity (Wildman–Crippen MR) is 118 cm³/mol. The van der Waals surface area contributed by atoms with Gasteiger partial charge < -0.3 is 10.1 Å². The maximum absolute atomic E-state index is 11.0. The first-order chi connectivity index (χ1) is 14.8. The van der Waals surface area contributed by atoms with E-state index in [0.717, 1.165) is 28.7 Å². The largest absolute Gasteiger partial charge is 0.390 e. The van der Waals surface area contributed by atoms with Crippen LogP contribution in [0.2, 0.25) is 0 Å². The van der Waals surface area contributed by atoms with Crippen LogP contribution in [-0.2, 0) is 19.4 Å². The normalized spacial score (nSPS) is 16.8. The van der Waals surface area contributed by atoms with Gasteiger partial charge in [0.25, 0.3) is 0 Å². The topological polar surface area (TPSA) is 104 Å². The Morgan fingerprint density at radius 2 is 2.16 bits per heavy atom. The van der Waals surface area contributed by atoms with Crippen LogP contribution in [0.3, 0.4) is 0 Å². The van der Waals surface area contributed by atoms with Crippen molar-refractivity contribution in [3.05, 3.63) is 44.5 Å². The molecule has 0 fully saturated rings. The summed E-state index contributed by atoms with van der Waals surface area (Å²) in [5.41, 5.74) is 3.21. The number of hydrogen-bond acceptors (Lipinski definition) is 7. The summed E-state index contributed by atoms with van der Waals surface area (Å²) in [4.78, 5) is 22.4. The molecule has 1 atom stereocenters. The Bertz CT molecular complexity index is 1320. The lowest BCUT2D eigenvalue weighted by Crippen LogP contribution is -2.28. The first kappa shape index (κ1) is 20.0. The van der Waals surface area contributed by atoms with E-state index in [0.29, 0.717) is 22.9 Å². The Kier molecular flexibility index (Phi) is 4.58. The molecule has 4 heterocycles. The van der Waals surface area contributed by atoms with E-state index in [2.05, 4.69) is 36.0 Å². The fourth-order valence-corrected chi connectivity index (χ4v) is 5.78. The lowest BCUT2D eigenvalue weighted by atomic mass is 9.70. The number of nitrogens with zero attached hydrogens (tertiary/aromatic N) is 7. The van der Waals surface area contributed by atoms with Crippen molar-refractivity contribution in [1.82, 2.24) is 29.4 Å². The van der Waals surface area contributed by atoms with Crippen LogP contribution in [0.1, 0.15) is 55.6 Å². The summed E-state index contributed by atoms with van der Waals surface area (Å²) in [6, 6.07) is 1.46. The molecule has 5 rings (SSSR count). The van der Waals surface area contributed by atoms with Crippen molar-refractivity contribution in [2.75, 3.05) is 0 Å². The number of nitro groups is 1. The van der Waals surface area contributed by atoms with Crippen LogP contribution in [0.15, 0.2) is 12.4 Å². The summed E-state index contributed by atoms with van der Waals surface area (Å²) in [6.07, 6.45) is 6.21. The van der Waals surface area contributed by atoms with Gasteiger partial charge in [-0.15, -0.1) is 16.4 Å². The highest BCUT2D eigenvalue weighted by atomic mass is 32.1. The molecule has 0 amide bonds. The Morgan fingerprint density at radius 1 is 1.35 bits per heavy atom. The van der Waals surface area contributed by atoms with Crippen molar-refractivity contribution in [3.8, 4) is 0 Å². The molecule has 4 aromatic rings. The molecule has 0 N–H and O–H groups in total. The van der Waals surface area contributed by atoms with Gasteiger partial charge in [-0.2, -0.15) is 4.68 Å². The Morgan fingerprint density at radius 3 is 2.87 bits per heavy atom. The number of rotatable bonds is 5. The van der Waals surface area contributed by atoms with E-state index in [-0.39, 0.29) is 12.4 Å². The molecule has 1 aliphatic rings. The van der Waals surface area contributed by atoms with Crippen LogP contribution in [0.5, 0.6) is 0 Å². The number of aromatic nitrogens is 6. The molecule has 9 nitrogen and oxygen atoms in total. The average molecular weight is 440 g/mol. The van der Waals surface area contributed by atoms with Gasteiger partial charge in [0.15, 0.2) is 11.5 Å². The van der Waals surface area contributed by atoms with Gasteiger partial charge in [0.05, 0.1) is 22.2 Å². The third-order valence-electron chi connectivity index (χ3n) is 6.89. The highest BCUT2D eigenvalue weighted by molar-refractivity contribution is 7.19. The summed E-state index contributed by atoms with van der Waals surface area (Å²) in [7, 11) is 0. The number of fused-ring (bicyclic) bond motifs is 5. The second-order valence-electron chi connectivity index (χ2n) is 9.07. The molecule has 0 saturated carbocycles. The number of aryl methyl sites for hydroxylation is 2. The summed E-state index contributed by atoms with van der Waals surface area (Å²) < 4.78 is 3.29. The molecular weight excluding hydrogens is 414 g/mol. The van der Waals surface area contributed by atoms with Crippen LogP contribution >= 0.6 is 11.3 Å². The fourth-order valence-electron chi connectivity index (χ4n) is 4.52. The lowest BCUT2D eigenvalue weighted by Gasteiger charge is -2.36. The predicted octanol–water partition coefficient (Wildman–Crippen LogP) is 4.34. The minimum atomic E-state index is -0.487. The third-order valence-corrected chi connectivity index (χ3v) is 8.06. The molecule has 162 valence electrons. The van der Waals surface area contributed by atoms with Gasteiger partial charge in [-0.05, 0) is 48.0 Å². The van der Waals surface area contributed by atoms with Crippen LogP contribution in [0.25, 0.3) is 15.9 Å². The highest BCUT2D eigenvalue weighted by Gasteiger charge is 2.33. The van der Waals surface area contributed by atoms with E-state index in [1.165, 1.54) is 29.3 Å². The van der Waals surface area contributed by atoms with Crippen molar-refractivity contribution in [2.45, 2.75) is 59.9 Å². The summed E-state index contributed by atoms with van der Waals surface area (Å²) >= 11 is 1.78. The second-order valence-corrected chi connectivity index (χ2v) is 10.1. The summed E-state index contributed by atoms with van der Waals surface area (Å²) in [6.45, 7) is 9.10. The van der Waals surface area contributed by atoms with Crippen LogP contribution < -0.4 is 0 Å². The van der Waals surface area contributed by atoms with E-state index in [9.17, 15) is 10.1 Å². The maximum atomic E-state index is 11.0. The molecule has 1 aliphatic carbocycles. The fraction of sp³-hybridized carbons (Fsp3) is 0.524.